The van der Waals surface area contributed by atoms with E-state index in [1.807, 2.05) is 66.7 Å². The van der Waals surface area contributed by atoms with Gasteiger partial charge in [0.25, 0.3) is 0 Å². The molecule has 0 saturated heterocycles. The van der Waals surface area contributed by atoms with E-state index < -0.39 is 6.04 Å². The van der Waals surface area contributed by atoms with Crippen molar-refractivity contribution in [3.63, 3.8) is 0 Å². The molecule has 0 spiro atoms. The number of Topliss-reactive ketones (excluding diaryl/α,β-unsaturated/α-hetero) is 1. The van der Waals surface area contributed by atoms with Crippen molar-refractivity contribution in [3.05, 3.63) is 137 Å². The van der Waals surface area contributed by atoms with Gasteiger partial charge in [-0.3, -0.25) is 9.59 Å². The van der Waals surface area contributed by atoms with Crippen LogP contribution in [0.15, 0.2) is 114 Å². The van der Waals surface area contributed by atoms with Crippen LogP contribution < -0.4 is 10.6 Å². The van der Waals surface area contributed by atoms with Crippen LogP contribution in [0.1, 0.15) is 51.8 Å². The lowest BCUT2D eigenvalue weighted by molar-refractivity contribution is -0.116. The lowest BCUT2D eigenvalue weighted by Gasteiger charge is -2.30. The Bertz CT molecular complexity index is 1530. The third-order valence-corrected chi connectivity index (χ3v) is 7.17. The smallest absolute Gasteiger partial charge is 0.193 e. The van der Waals surface area contributed by atoms with Gasteiger partial charge in [-0.1, -0.05) is 72.8 Å². The van der Waals surface area contributed by atoms with Crippen LogP contribution >= 0.6 is 0 Å². The minimum atomic E-state index is -0.434. The Hall–Kier alpha value is -4.64. The Morgan fingerprint density at radius 3 is 2.22 bits per heavy atom. The van der Waals surface area contributed by atoms with Crippen LogP contribution in [0.2, 0.25) is 0 Å². The normalized spacial score (nSPS) is 18.6. The van der Waals surface area contributed by atoms with Gasteiger partial charge in [-0.25, -0.2) is 0 Å². The fourth-order valence-corrected chi connectivity index (χ4v) is 5.36. The molecule has 4 aromatic rings. The van der Waals surface area contributed by atoms with Crippen molar-refractivity contribution in [1.29, 1.82) is 0 Å². The van der Waals surface area contributed by atoms with Crippen LogP contribution in [-0.4, -0.2) is 16.7 Å². The number of anilines is 2. The summed E-state index contributed by atoms with van der Waals surface area (Å²) in [4.78, 5) is 26.9. The first-order chi connectivity index (χ1) is 18.1. The van der Waals surface area contributed by atoms with Gasteiger partial charge in [0.15, 0.2) is 11.6 Å². The molecule has 1 aliphatic heterocycles. The summed E-state index contributed by atoms with van der Waals surface area (Å²) in [5.74, 6) is 0.209. The molecule has 0 radical (unpaired) electrons. The number of rotatable bonds is 4. The Morgan fingerprint density at radius 2 is 1.46 bits per heavy atom. The van der Waals surface area contributed by atoms with Crippen LogP contribution in [0, 0.1) is 0 Å². The lowest BCUT2D eigenvalue weighted by atomic mass is 9.78. The van der Waals surface area contributed by atoms with Crippen LogP contribution in [-0.2, 0) is 4.79 Å². The van der Waals surface area contributed by atoms with E-state index in [1.54, 1.807) is 24.3 Å². The zero-order valence-electron chi connectivity index (χ0n) is 20.1. The SMILES string of the molecule is O=C1CC(c2ccccc2)CC2=C1C(c1cccc(O)c1)Nc1ccc(C(=O)c3ccccc3)cc1N2. The molecule has 5 nitrogen and oxygen atoms in total. The van der Waals surface area contributed by atoms with Crippen molar-refractivity contribution in [3.8, 4) is 5.75 Å². The van der Waals surface area contributed by atoms with Gasteiger partial charge in [0.1, 0.15) is 5.75 Å². The number of hydrogen-bond acceptors (Lipinski definition) is 5. The first-order valence-electron chi connectivity index (χ1n) is 12.4. The van der Waals surface area contributed by atoms with E-state index in [-0.39, 0.29) is 23.2 Å². The van der Waals surface area contributed by atoms with E-state index in [0.29, 0.717) is 29.5 Å². The third kappa shape index (κ3) is 4.40. The summed E-state index contributed by atoms with van der Waals surface area (Å²) in [6.45, 7) is 0. The van der Waals surface area contributed by atoms with E-state index in [9.17, 15) is 14.7 Å². The largest absolute Gasteiger partial charge is 0.508 e. The minimum Gasteiger partial charge on any atom is -0.508 e. The quantitative estimate of drug-likeness (QED) is 0.283. The summed E-state index contributed by atoms with van der Waals surface area (Å²) < 4.78 is 0. The average Bonchev–Trinajstić information content (AvgIpc) is 3.10. The molecule has 0 fully saturated rings. The molecule has 37 heavy (non-hydrogen) atoms. The van der Waals surface area contributed by atoms with Gasteiger partial charge in [-0.15, -0.1) is 0 Å². The Kier molecular flexibility index (Phi) is 5.81. The van der Waals surface area contributed by atoms with Crippen LogP contribution in [0.25, 0.3) is 0 Å². The molecule has 2 unspecified atom stereocenters. The Morgan fingerprint density at radius 1 is 0.730 bits per heavy atom. The number of ketones is 2. The third-order valence-electron chi connectivity index (χ3n) is 7.17. The number of carbonyl (C=O) groups excluding carboxylic acids is 2. The number of phenols is 1. The predicted molar refractivity (Wildman–Crippen MR) is 145 cm³/mol. The maximum Gasteiger partial charge on any atom is 0.193 e. The zero-order chi connectivity index (χ0) is 25.4. The predicted octanol–water partition coefficient (Wildman–Crippen LogP) is 6.60. The highest BCUT2D eigenvalue weighted by molar-refractivity contribution is 6.10. The number of nitrogens with one attached hydrogen (secondary N) is 2. The second kappa shape index (κ2) is 9.43. The molecule has 0 saturated carbocycles. The number of allylic oxidation sites excluding steroid dienone is 1. The van der Waals surface area contributed by atoms with E-state index in [1.165, 1.54) is 0 Å². The number of hydrogen-bond donors (Lipinski definition) is 3. The van der Waals surface area contributed by atoms with Gasteiger partial charge >= 0.3 is 0 Å². The molecule has 5 heteroatoms. The van der Waals surface area contributed by atoms with E-state index in [2.05, 4.69) is 22.8 Å². The van der Waals surface area contributed by atoms with Crippen molar-refractivity contribution < 1.29 is 14.7 Å². The number of fused-ring (bicyclic) bond motifs is 1. The highest BCUT2D eigenvalue weighted by Gasteiger charge is 2.36. The van der Waals surface area contributed by atoms with Crippen molar-refractivity contribution in [2.24, 2.45) is 0 Å². The number of phenolic OH excluding ortho intramolecular Hbond substituents is 1. The second-order valence-electron chi connectivity index (χ2n) is 9.58. The van der Waals surface area contributed by atoms with Gasteiger partial charge in [0, 0.05) is 28.8 Å². The van der Waals surface area contributed by atoms with E-state index in [0.717, 1.165) is 28.2 Å². The molecule has 1 aliphatic carbocycles. The molecule has 1 heterocycles. The monoisotopic (exact) mass is 486 g/mol. The maximum absolute atomic E-state index is 13.7. The summed E-state index contributed by atoms with van der Waals surface area (Å²) >= 11 is 0. The molecule has 0 aromatic heterocycles. The first kappa shape index (κ1) is 22.8. The van der Waals surface area contributed by atoms with Crippen molar-refractivity contribution in [2.75, 3.05) is 10.6 Å². The van der Waals surface area contributed by atoms with Gasteiger partial charge in [-0.2, -0.15) is 0 Å². The van der Waals surface area contributed by atoms with Crippen LogP contribution in [0.3, 0.4) is 0 Å². The molecule has 0 bridgehead atoms. The number of carbonyl (C=O) groups is 2. The summed E-state index contributed by atoms with van der Waals surface area (Å²) in [6.07, 6.45) is 1.08. The van der Waals surface area contributed by atoms with Crippen molar-refractivity contribution >= 4 is 22.9 Å². The molecular weight excluding hydrogens is 460 g/mol. The highest BCUT2D eigenvalue weighted by atomic mass is 16.3. The fourth-order valence-electron chi connectivity index (χ4n) is 5.36. The molecule has 2 aliphatic rings. The van der Waals surface area contributed by atoms with E-state index in [4.69, 9.17) is 0 Å². The van der Waals surface area contributed by atoms with Crippen molar-refractivity contribution in [2.45, 2.75) is 24.8 Å². The molecule has 3 N–H and O–H groups in total. The van der Waals surface area contributed by atoms with Gasteiger partial charge in [0.05, 0.1) is 17.4 Å². The summed E-state index contributed by atoms with van der Waals surface area (Å²) in [7, 11) is 0. The van der Waals surface area contributed by atoms with Gasteiger partial charge in [0.2, 0.25) is 0 Å². The summed E-state index contributed by atoms with van der Waals surface area (Å²) in [5.41, 5.74) is 6.17. The standard InChI is InChI=1S/C32H26N2O3/c35-25-13-7-12-22(16-25)31-30-28(18-24(19-29(30)36)20-8-3-1-4-9-20)33-27-17-23(14-15-26(27)34-31)32(37)21-10-5-2-6-11-21/h1-17,24,31,33-35H,18-19H2. The maximum atomic E-state index is 13.7. The van der Waals surface area contributed by atoms with Crippen LogP contribution in [0.5, 0.6) is 5.75 Å². The summed E-state index contributed by atoms with van der Waals surface area (Å²) in [5, 5.41) is 17.2. The average molecular weight is 487 g/mol. The molecular formula is C32H26N2O3. The topological polar surface area (TPSA) is 78.4 Å². The second-order valence-corrected chi connectivity index (χ2v) is 9.58. The van der Waals surface area contributed by atoms with Gasteiger partial charge < -0.3 is 15.7 Å². The molecule has 2 atom stereocenters. The first-order valence-corrected chi connectivity index (χ1v) is 12.4. The highest BCUT2D eigenvalue weighted by Crippen LogP contribution is 2.44. The van der Waals surface area contributed by atoms with Crippen molar-refractivity contribution in [1.82, 2.24) is 0 Å². The molecule has 4 aromatic carbocycles. The Balaban J connectivity index is 1.44. The number of benzene rings is 4. The zero-order valence-corrected chi connectivity index (χ0v) is 20.1. The Labute approximate surface area is 215 Å². The van der Waals surface area contributed by atoms with E-state index >= 15 is 0 Å². The molecule has 0 amide bonds. The lowest BCUT2D eigenvalue weighted by Crippen LogP contribution is -2.26. The number of aromatic hydroxyl groups is 1. The molecule has 6 rings (SSSR count). The fraction of sp³-hybridized carbons (Fsp3) is 0.125. The van der Waals surface area contributed by atoms with Gasteiger partial charge in [-0.05, 0) is 53.8 Å². The summed E-state index contributed by atoms with van der Waals surface area (Å²) in [6, 6.07) is 31.4. The van der Waals surface area contributed by atoms with Crippen LogP contribution in [0.4, 0.5) is 11.4 Å². The minimum absolute atomic E-state index is 0.0560. The molecule has 182 valence electrons.